The Morgan fingerprint density at radius 1 is 1.16 bits per heavy atom. The van der Waals surface area contributed by atoms with Gasteiger partial charge in [0.2, 0.25) is 5.91 Å². The molecule has 1 aromatic carbocycles. The largest absolute Gasteiger partial charge is 0.497 e. The van der Waals surface area contributed by atoms with Gasteiger partial charge in [-0.05, 0) is 37.6 Å². The van der Waals surface area contributed by atoms with E-state index in [2.05, 4.69) is 10.2 Å². The lowest BCUT2D eigenvalue weighted by molar-refractivity contribution is -0.135. The lowest BCUT2D eigenvalue weighted by Crippen LogP contribution is -2.54. The van der Waals surface area contributed by atoms with Gasteiger partial charge in [-0.25, -0.2) is 0 Å². The van der Waals surface area contributed by atoms with Gasteiger partial charge in [0.15, 0.2) is 0 Å². The molecule has 0 aromatic heterocycles. The molecule has 0 radical (unpaired) electrons. The van der Waals surface area contributed by atoms with Crippen LogP contribution in [0.4, 0.5) is 0 Å². The molecule has 2 aliphatic heterocycles. The van der Waals surface area contributed by atoms with Crippen molar-refractivity contribution >= 4 is 5.91 Å². The molecular formula is C19H29N3O3. The van der Waals surface area contributed by atoms with E-state index >= 15 is 0 Å². The standard InChI is InChI=1S/C19H29N3O3/c1-24-16-6-7-18(25-2)15(13-16)14-21-9-11-22(12-10-21)19(23)17-5-3-4-8-20-17/h6-7,13,17,20H,3-5,8-12,14H2,1-2H3. The predicted molar refractivity (Wildman–Crippen MR) is 97.0 cm³/mol. The Hall–Kier alpha value is -1.79. The zero-order valence-electron chi connectivity index (χ0n) is 15.3. The van der Waals surface area contributed by atoms with Gasteiger partial charge in [0.1, 0.15) is 11.5 Å². The number of carbonyl (C=O) groups excluding carboxylic acids is 1. The lowest BCUT2D eigenvalue weighted by Gasteiger charge is -2.37. The molecule has 6 nitrogen and oxygen atoms in total. The Morgan fingerprint density at radius 2 is 1.96 bits per heavy atom. The summed E-state index contributed by atoms with van der Waals surface area (Å²) in [5, 5.41) is 3.36. The van der Waals surface area contributed by atoms with Crippen molar-refractivity contribution in [3.8, 4) is 11.5 Å². The molecule has 1 aromatic rings. The second kappa shape index (κ2) is 8.54. The third kappa shape index (κ3) is 4.44. The SMILES string of the molecule is COc1ccc(OC)c(CN2CCN(C(=O)C3CCCCN3)CC2)c1. The highest BCUT2D eigenvalue weighted by Crippen LogP contribution is 2.25. The van der Waals surface area contributed by atoms with E-state index in [1.807, 2.05) is 23.1 Å². The average Bonchev–Trinajstić information content (AvgIpc) is 2.68. The van der Waals surface area contributed by atoms with Gasteiger partial charge in [0.05, 0.1) is 20.3 Å². The number of hydrogen-bond donors (Lipinski definition) is 1. The predicted octanol–water partition coefficient (Wildman–Crippen LogP) is 1.49. The van der Waals surface area contributed by atoms with E-state index < -0.39 is 0 Å². The average molecular weight is 347 g/mol. The van der Waals surface area contributed by atoms with Crippen molar-refractivity contribution in [1.29, 1.82) is 0 Å². The number of benzene rings is 1. The van der Waals surface area contributed by atoms with Crippen LogP contribution in [0.15, 0.2) is 18.2 Å². The molecule has 3 rings (SSSR count). The van der Waals surface area contributed by atoms with Gasteiger partial charge in [0.25, 0.3) is 0 Å². The molecule has 25 heavy (non-hydrogen) atoms. The Labute approximate surface area is 150 Å². The van der Waals surface area contributed by atoms with Crippen molar-refractivity contribution in [2.45, 2.75) is 31.8 Å². The van der Waals surface area contributed by atoms with Gasteiger partial charge < -0.3 is 19.7 Å². The number of carbonyl (C=O) groups is 1. The zero-order chi connectivity index (χ0) is 17.6. The minimum absolute atomic E-state index is 0.0266. The number of nitrogens with zero attached hydrogens (tertiary/aromatic N) is 2. The molecule has 2 aliphatic rings. The van der Waals surface area contributed by atoms with Crippen molar-refractivity contribution in [3.63, 3.8) is 0 Å². The van der Waals surface area contributed by atoms with Crippen molar-refractivity contribution in [3.05, 3.63) is 23.8 Å². The monoisotopic (exact) mass is 347 g/mol. The number of rotatable bonds is 5. The maximum atomic E-state index is 12.6. The van der Waals surface area contributed by atoms with Gasteiger partial charge in [-0.3, -0.25) is 9.69 Å². The number of ether oxygens (including phenoxy) is 2. The summed E-state index contributed by atoms with van der Waals surface area (Å²) < 4.78 is 10.8. The Balaban J connectivity index is 1.55. The second-order valence-electron chi connectivity index (χ2n) is 6.78. The summed E-state index contributed by atoms with van der Waals surface area (Å²) in [6, 6.07) is 5.92. The molecular weight excluding hydrogens is 318 g/mol. The molecule has 1 amide bonds. The number of hydrogen-bond acceptors (Lipinski definition) is 5. The van der Waals surface area contributed by atoms with Gasteiger partial charge in [-0.2, -0.15) is 0 Å². The fraction of sp³-hybridized carbons (Fsp3) is 0.632. The number of amides is 1. The Morgan fingerprint density at radius 3 is 2.60 bits per heavy atom. The minimum Gasteiger partial charge on any atom is -0.497 e. The third-order valence-corrected chi connectivity index (χ3v) is 5.17. The van der Waals surface area contributed by atoms with Crippen LogP contribution in [0.3, 0.4) is 0 Å². The molecule has 0 aliphatic carbocycles. The van der Waals surface area contributed by atoms with Crippen LogP contribution in [-0.2, 0) is 11.3 Å². The van der Waals surface area contributed by atoms with Crippen molar-refractivity contribution in [1.82, 2.24) is 15.1 Å². The molecule has 2 fully saturated rings. The van der Waals surface area contributed by atoms with E-state index in [4.69, 9.17) is 9.47 Å². The van der Waals surface area contributed by atoms with Crippen LogP contribution in [0.2, 0.25) is 0 Å². The quantitative estimate of drug-likeness (QED) is 0.875. The first-order valence-electron chi connectivity index (χ1n) is 9.16. The smallest absolute Gasteiger partial charge is 0.239 e. The fourth-order valence-corrected chi connectivity index (χ4v) is 3.66. The molecule has 138 valence electrons. The second-order valence-corrected chi connectivity index (χ2v) is 6.78. The summed E-state index contributed by atoms with van der Waals surface area (Å²) in [6.45, 7) is 5.14. The number of methoxy groups -OCH3 is 2. The highest BCUT2D eigenvalue weighted by atomic mass is 16.5. The number of piperazine rings is 1. The van der Waals surface area contributed by atoms with Crippen LogP contribution in [0.5, 0.6) is 11.5 Å². The summed E-state index contributed by atoms with van der Waals surface area (Å²) in [6.07, 6.45) is 3.30. The van der Waals surface area contributed by atoms with Gasteiger partial charge >= 0.3 is 0 Å². The highest BCUT2D eigenvalue weighted by molar-refractivity contribution is 5.82. The summed E-state index contributed by atoms with van der Waals surface area (Å²) in [5.41, 5.74) is 1.12. The molecule has 2 saturated heterocycles. The van der Waals surface area contributed by atoms with Crippen LogP contribution in [0.25, 0.3) is 0 Å². The molecule has 0 saturated carbocycles. The van der Waals surface area contributed by atoms with Crippen molar-refractivity contribution in [2.24, 2.45) is 0 Å². The third-order valence-electron chi connectivity index (χ3n) is 5.17. The lowest BCUT2D eigenvalue weighted by atomic mass is 10.0. The molecule has 1 unspecified atom stereocenters. The topological polar surface area (TPSA) is 54.0 Å². The van der Waals surface area contributed by atoms with Gasteiger partial charge in [-0.15, -0.1) is 0 Å². The summed E-state index contributed by atoms with van der Waals surface area (Å²) in [5.74, 6) is 2.00. The van der Waals surface area contributed by atoms with E-state index in [1.54, 1.807) is 14.2 Å². The molecule has 1 N–H and O–H groups in total. The van der Waals surface area contributed by atoms with E-state index in [-0.39, 0.29) is 11.9 Å². The van der Waals surface area contributed by atoms with Gasteiger partial charge in [0, 0.05) is 38.3 Å². The molecule has 0 bridgehead atoms. The van der Waals surface area contributed by atoms with Gasteiger partial charge in [-0.1, -0.05) is 6.42 Å². The van der Waals surface area contributed by atoms with Crippen LogP contribution in [0.1, 0.15) is 24.8 Å². The van der Waals surface area contributed by atoms with Crippen LogP contribution < -0.4 is 14.8 Å². The number of piperidine rings is 1. The summed E-state index contributed by atoms with van der Waals surface area (Å²) in [7, 11) is 3.37. The zero-order valence-corrected chi connectivity index (χ0v) is 15.3. The van der Waals surface area contributed by atoms with Crippen LogP contribution in [0, 0.1) is 0 Å². The first-order chi connectivity index (χ1) is 12.2. The molecule has 6 heteroatoms. The fourth-order valence-electron chi connectivity index (χ4n) is 3.66. The van der Waals surface area contributed by atoms with E-state index in [9.17, 15) is 4.79 Å². The Bertz CT molecular complexity index is 579. The summed E-state index contributed by atoms with van der Waals surface area (Å²) in [4.78, 5) is 17.0. The first kappa shape index (κ1) is 18.0. The normalized spacial score (nSPS) is 21.8. The van der Waals surface area contributed by atoms with Crippen LogP contribution in [-0.4, -0.2) is 68.7 Å². The Kier molecular flexibility index (Phi) is 6.15. The van der Waals surface area contributed by atoms with E-state index in [1.165, 1.54) is 6.42 Å². The maximum Gasteiger partial charge on any atom is 0.239 e. The molecule has 0 spiro atoms. The maximum absolute atomic E-state index is 12.6. The number of nitrogens with one attached hydrogen (secondary N) is 1. The highest BCUT2D eigenvalue weighted by Gasteiger charge is 2.28. The van der Waals surface area contributed by atoms with Crippen LogP contribution >= 0.6 is 0 Å². The van der Waals surface area contributed by atoms with Crippen molar-refractivity contribution in [2.75, 3.05) is 46.9 Å². The molecule has 2 heterocycles. The molecule has 1 atom stereocenters. The summed E-state index contributed by atoms with van der Waals surface area (Å²) >= 11 is 0. The van der Waals surface area contributed by atoms with Crippen molar-refractivity contribution < 1.29 is 14.3 Å². The minimum atomic E-state index is 0.0266. The first-order valence-corrected chi connectivity index (χ1v) is 9.16. The van der Waals surface area contributed by atoms with E-state index in [0.717, 1.165) is 69.2 Å². The van der Waals surface area contributed by atoms with E-state index in [0.29, 0.717) is 0 Å².